The summed E-state index contributed by atoms with van der Waals surface area (Å²) in [6.45, 7) is 5.71. The highest BCUT2D eigenvalue weighted by Gasteiger charge is 2.14. The van der Waals surface area contributed by atoms with Crippen LogP contribution in [-0.4, -0.2) is 46.6 Å². The molecule has 1 aromatic heterocycles. The first-order valence-electron chi connectivity index (χ1n) is 5.79. The minimum absolute atomic E-state index is 0.202. The molecule has 104 valence electrons. The number of amides is 2. The molecule has 1 heterocycles. The number of nitrogens with one attached hydrogen (secondary N) is 1. The monoisotopic (exact) mass is 283 g/mol. The third kappa shape index (κ3) is 5.52. The average molecular weight is 283 g/mol. The van der Waals surface area contributed by atoms with Crippen molar-refractivity contribution in [1.82, 2.24) is 15.2 Å². The molecule has 2 amide bonds. The lowest BCUT2D eigenvalue weighted by atomic mass is 10.3. The van der Waals surface area contributed by atoms with Crippen LogP contribution in [0.4, 0.5) is 4.79 Å². The van der Waals surface area contributed by atoms with Crippen molar-refractivity contribution in [3.05, 3.63) is 28.7 Å². The summed E-state index contributed by atoms with van der Waals surface area (Å²) in [4.78, 5) is 27.8. The van der Waals surface area contributed by atoms with E-state index >= 15 is 0 Å². The Bertz CT molecular complexity index is 459. The summed E-state index contributed by atoms with van der Waals surface area (Å²) in [5.74, 6) is -1.05. The lowest BCUT2D eigenvalue weighted by Gasteiger charge is -2.19. The second kappa shape index (κ2) is 7.52. The van der Waals surface area contributed by atoms with Crippen molar-refractivity contribution in [2.24, 2.45) is 0 Å². The van der Waals surface area contributed by atoms with Crippen molar-refractivity contribution < 1.29 is 14.7 Å². The number of aromatic nitrogens is 1. The molecule has 0 aliphatic heterocycles. The van der Waals surface area contributed by atoms with Crippen molar-refractivity contribution in [2.45, 2.75) is 13.3 Å². The van der Waals surface area contributed by atoms with Crippen LogP contribution in [-0.2, 0) is 11.2 Å². The summed E-state index contributed by atoms with van der Waals surface area (Å²) < 4.78 is 0. The maximum atomic E-state index is 11.7. The summed E-state index contributed by atoms with van der Waals surface area (Å²) in [7, 11) is 0. The number of carbonyl (C=O) groups excluding carboxylic acids is 1. The number of carboxylic acid groups (broad SMARTS) is 1. The molecule has 1 rings (SSSR count). The van der Waals surface area contributed by atoms with Gasteiger partial charge in [-0.15, -0.1) is 17.9 Å². The molecule has 1 aromatic rings. The Morgan fingerprint density at radius 2 is 2.37 bits per heavy atom. The number of carbonyl (C=O) groups is 2. The van der Waals surface area contributed by atoms with Gasteiger partial charge in [0.15, 0.2) is 0 Å². The number of urea groups is 1. The molecular weight excluding hydrogens is 266 g/mol. The summed E-state index contributed by atoms with van der Waals surface area (Å²) in [6.07, 6.45) is 2.12. The minimum Gasteiger partial charge on any atom is -0.480 e. The van der Waals surface area contributed by atoms with Gasteiger partial charge in [0, 0.05) is 24.9 Å². The molecule has 0 radical (unpaired) electrons. The quantitative estimate of drug-likeness (QED) is 0.738. The second-order valence-corrected chi connectivity index (χ2v) is 4.96. The van der Waals surface area contributed by atoms with Gasteiger partial charge in [-0.3, -0.25) is 4.79 Å². The van der Waals surface area contributed by atoms with E-state index in [1.54, 1.807) is 11.3 Å². The van der Waals surface area contributed by atoms with Gasteiger partial charge in [-0.2, -0.15) is 0 Å². The number of hydrogen-bond acceptors (Lipinski definition) is 4. The Hall–Kier alpha value is -1.89. The molecule has 0 saturated carbocycles. The zero-order chi connectivity index (χ0) is 14.3. The van der Waals surface area contributed by atoms with E-state index in [1.807, 2.05) is 12.3 Å². The molecule has 0 aliphatic rings. The van der Waals surface area contributed by atoms with E-state index in [2.05, 4.69) is 16.9 Å². The zero-order valence-electron chi connectivity index (χ0n) is 10.8. The van der Waals surface area contributed by atoms with Gasteiger partial charge in [0.1, 0.15) is 6.54 Å². The molecule has 0 spiro atoms. The van der Waals surface area contributed by atoms with Crippen LogP contribution in [0.5, 0.6) is 0 Å². The van der Waals surface area contributed by atoms with Crippen molar-refractivity contribution >= 4 is 23.3 Å². The van der Waals surface area contributed by atoms with Gasteiger partial charge >= 0.3 is 12.0 Å². The Balaban J connectivity index is 2.39. The van der Waals surface area contributed by atoms with E-state index in [4.69, 9.17) is 5.11 Å². The molecule has 0 unspecified atom stereocenters. The van der Waals surface area contributed by atoms with Gasteiger partial charge in [-0.1, -0.05) is 6.08 Å². The van der Waals surface area contributed by atoms with Crippen LogP contribution in [0.2, 0.25) is 0 Å². The normalized spacial score (nSPS) is 9.95. The molecule has 0 atom stereocenters. The maximum Gasteiger partial charge on any atom is 0.323 e. The first kappa shape index (κ1) is 15.2. The predicted octanol–water partition coefficient (Wildman–Crippen LogP) is 1.28. The van der Waals surface area contributed by atoms with Crippen LogP contribution in [0, 0.1) is 6.92 Å². The number of hydrogen-bond donors (Lipinski definition) is 2. The number of thiazole rings is 1. The van der Waals surface area contributed by atoms with Crippen LogP contribution in [0.25, 0.3) is 0 Å². The number of carboxylic acids is 1. The largest absolute Gasteiger partial charge is 0.480 e. The SMILES string of the molecule is C=CCN(CC(=O)O)C(=O)NCCc1csc(C)n1. The molecule has 6 nitrogen and oxygen atoms in total. The molecular formula is C12H17N3O3S. The van der Waals surface area contributed by atoms with Crippen LogP contribution in [0.15, 0.2) is 18.0 Å². The van der Waals surface area contributed by atoms with E-state index in [0.29, 0.717) is 13.0 Å². The van der Waals surface area contributed by atoms with E-state index in [9.17, 15) is 9.59 Å². The fourth-order valence-electron chi connectivity index (χ4n) is 1.47. The standard InChI is InChI=1S/C12H17N3O3S/c1-3-6-15(7-11(16)17)12(18)13-5-4-10-8-19-9(2)14-10/h3,8H,1,4-7H2,2H3,(H,13,18)(H,16,17). The molecule has 0 saturated heterocycles. The number of nitrogens with zero attached hydrogens (tertiary/aromatic N) is 2. The van der Waals surface area contributed by atoms with Gasteiger partial charge in [0.05, 0.1) is 10.7 Å². The van der Waals surface area contributed by atoms with Gasteiger partial charge in [-0.25, -0.2) is 9.78 Å². The molecule has 2 N–H and O–H groups in total. The molecule has 0 aliphatic carbocycles. The second-order valence-electron chi connectivity index (χ2n) is 3.90. The van der Waals surface area contributed by atoms with Gasteiger partial charge in [-0.05, 0) is 6.92 Å². The smallest absolute Gasteiger partial charge is 0.323 e. The summed E-state index contributed by atoms with van der Waals surface area (Å²) in [5.41, 5.74) is 0.927. The maximum absolute atomic E-state index is 11.7. The Kier molecular flexibility index (Phi) is 6.01. The van der Waals surface area contributed by atoms with Crippen molar-refractivity contribution in [2.75, 3.05) is 19.6 Å². The first-order chi connectivity index (χ1) is 9.02. The number of rotatable bonds is 7. The van der Waals surface area contributed by atoms with E-state index in [1.165, 1.54) is 11.0 Å². The lowest BCUT2D eigenvalue weighted by molar-refractivity contribution is -0.137. The first-order valence-corrected chi connectivity index (χ1v) is 6.67. The lowest BCUT2D eigenvalue weighted by Crippen LogP contribution is -2.43. The van der Waals surface area contributed by atoms with E-state index < -0.39 is 12.0 Å². The topological polar surface area (TPSA) is 82.5 Å². The third-order valence-electron chi connectivity index (χ3n) is 2.29. The minimum atomic E-state index is -1.05. The third-order valence-corrected chi connectivity index (χ3v) is 3.11. The van der Waals surface area contributed by atoms with Crippen molar-refractivity contribution in [3.8, 4) is 0 Å². The van der Waals surface area contributed by atoms with E-state index in [0.717, 1.165) is 10.7 Å². The zero-order valence-corrected chi connectivity index (χ0v) is 11.6. The average Bonchev–Trinajstić information content (AvgIpc) is 2.74. The molecule has 0 fully saturated rings. The number of aliphatic carboxylic acids is 1. The molecule has 7 heteroatoms. The fraction of sp³-hybridized carbons (Fsp3) is 0.417. The Morgan fingerprint density at radius 1 is 1.63 bits per heavy atom. The number of aryl methyl sites for hydroxylation is 1. The van der Waals surface area contributed by atoms with E-state index in [-0.39, 0.29) is 13.1 Å². The summed E-state index contributed by atoms with van der Waals surface area (Å²) in [5, 5.41) is 14.3. The van der Waals surface area contributed by atoms with Crippen molar-refractivity contribution in [1.29, 1.82) is 0 Å². The Labute approximate surface area is 115 Å². The van der Waals surface area contributed by atoms with Crippen LogP contribution < -0.4 is 5.32 Å². The van der Waals surface area contributed by atoms with Gasteiger partial charge < -0.3 is 15.3 Å². The highest BCUT2D eigenvalue weighted by Crippen LogP contribution is 2.07. The summed E-state index contributed by atoms with van der Waals surface area (Å²) >= 11 is 1.56. The molecule has 0 aromatic carbocycles. The summed E-state index contributed by atoms with van der Waals surface area (Å²) in [6, 6.07) is -0.408. The van der Waals surface area contributed by atoms with Crippen LogP contribution in [0.3, 0.4) is 0 Å². The highest BCUT2D eigenvalue weighted by atomic mass is 32.1. The van der Waals surface area contributed by atoms with Gasteiger partial charge in [0.25, 0.3) is 0 Å². The Morgan fingerprint density at radius 3 is 2.89 bits per heavy atom. The van der Waals surface area contributed by atoms with Gasteiger partial charge in [0.2, 0.25) is 0 Å². The fourth-order valence-corrected chi connectivity index (χ4v) is 2.12. The molecule has 19 heavy (non-hydrogen) atoms. The van der Waals surface area contributed by atoms with Crippen molar-refractivity contribution in [3.63, 3.8) is 0 Å². The van der Waals surface area contributed by atoms with Crippen LogP contribution in [0.1, 0.15) is 10.7 Å². The van der Waals surface area contributed by atoms with Crippen LogP contribution >= 0.6 is 11.3 Å². The predicted molar refractivity (Wildman–Crippen MR) is 73.4 cm³/mol. The highest BCUT2D eigenvalue weighted by molar-refractivity contribution is 7.09. The molecule has 0 bridgehead atoms.